The fourth-order valence-corrected chi connectivity index (χ4v) is 2.62. The molecule has 0 bridgehead atoms. The summed E-state index contributed by atoms with van der Waals surface area (Å²) in [7, 11) is 0. The molecule has 2 rings (SSSR count). The van der Waals surface area contributed by atoms with E-state index >= 15 is 0 Å². The average molecular weight is 263 g/mol. The molecular weight excluding hydrogens is 246 g/mol. The fraction of sp³-hybridized carbons (Fsp3) is 0.333. The second-order valence-electron chi connectivity index (χ2n) is 3.93. The quantitative estimate of drug-likeness (QED) is 0.570. The summed E-state index contributed by atoms with van der Waals surface area (Å²) in [6, 6.07) is 2.12. The summed E-state index contributed by atoms with van der Waals surface area (Å²) in [6.07, 6.45) is 2.34. The van der Waals surface area contributed by atoms with Crippen LogP contribution in [0.25, 0.3) is 0 Å². The van der Waals surface area contributed by atoms with E-state index in [9.17, 15) is 0 Å². The molecule has 0 unspecified atom stereocenters. The summed E-state index contributed by atoms with van der Waals surface area (Å²) in [5.74, 6) is 6.96. The minimum atomic E-state index is 0.679. The average Bonchev–Trinajstić information content (AvgIpc) is 2.81. The van der Waals surface area contributed by atoms with E-state index in [1.54, 1.807) is 11.3 Å². The molecule has 4 N–H and O–H groups in total. The Balaban J connectivity index is 2.16. The standard InChI is InChI=1S/C12H17N5S/c1-3-9-11(15-7-16-12(9)17-13)14-6-10-8(2)4-5-18-10/h4-5,7H,3,6,13H2,1-2H3,(H2,14,15,16,17). The van der Waals surface area contributed by atoms with Crippen LogP contribution in [0.3, 0.4) is 0 Å². The van der Waals surface area contributed by atoms with Gasteiger partial charge in [0.05, 0.1) is 6.54 Å². The third-order valence-corrected chi connectivity index (χ3v) is 3.84. The highest BCUT2D eigenvalue weighted by Crippen LogP contribution is 2.22. The van der Waals surface area contributed by atoms with Gasteiger partial charge >= 0.3 is 0 Å². The maximum absolute atomic E-state index is 5.44. The van der Waals surface area contributed by atoms with Gasteiger partial charge < -0.3 is 10.7 Å². The number of nitrogen functional groups attached to an aromatic ring is 1. The van der Waals surface area contributed by atoms with Crippen molar-refractivity contribution in [2.75, 3.05) is 10.7 Å². The van der Waals surface area contributed by atoms with Crippen LogP contribution in [0.2, 0.25) is 0 Å². The predicted molar refractivity (Wildman–Crippen MR) is 75.6 cm³/mol. The lowest BCUT2D eigenvalue weighted by atomic mass is 10.2. The predicted octanol–water partition coefficient (Wildman–Crippen LogP) is 2.31. The first kappa shape index (κ1) is 12.8. The van der Waals surface area contributed by atoms with Gasteiger partial charge in [-0.3, -0.25) is 0 Å². The molecule has 0 radical (unpaired) electrons. The molecule has 0 aliphatic heterocycles. The van der Waals surface area contributed by atoms with Crippen LogP contribution in [0, 0.1) is 6.92 Å². The molecule has 0 fully saturated rings. The Morgan fingerprint density at radius 1 is 1.33 bits per heavy atom. The smallest absolute Gasteiger partial charge is 0.148 e. The van der Waals surface area contributed by atoms with Crippen LogP contribution in [0.15, 0.2) is 17.8 Å². The first-order chi connectivity index (χ1) is 8.76. The SMILES string of the molecule is CCc1c(NN)ncnc1NCc1sccc1C. The molecule has 2 aromatic rings. The van der Waals surface area contributed by atoms with Crippen molar-refractivity contribution < 1.29 is 0 Å². The summed E-state index contributed by atoms with van der Waals surface area (Å²) < 4.78 is 0. The van der Waals surface area contributed by atoms with E-state index in [0.717, 1.165) is 24.3 Å². The number of rotatable bonds is 5. The molecule has 0 amide bonds. The van der Waals surface area contributed by atoms with Gasteiger partial charge in [0, 0.05) is 10.4 Å². The zero-order chi connectivity index (χ0) is 13.0. The van der Waals surface area contributed by atoms with Gasteiger partial charge in [0.1, 0.15) is 18.0 Å². The highest BCUT2D eigenvalue weighted by Gasteiger charge is 2.09. The van der Waals surface area contributed by atoms with Crippen LogP contribution in [0.5, 0.6) is 0 Å². The van der Waals surface area contributed by atoms with Gasteiger partial charge in [0.15, 0.2) is 0 Å². The normalized spacial score (nSPS) is 10.4. The first-order valence-corrected chi connectivity index (χ1v) is 6.71. The molecule has 2 heterocycles. The van der Waals surface area contributed by atoms with E-state index in [0.29, 0.717) is 5.82 Å². The summed E-state index contributed by atoms with van der Waals surface area (Å²) in [5.41, 5.74) is 4.91. The number of hydrogen-bond donors (Lipinski definition) is 3. The number of aromatic nitrogens is 2. The molecule has 96 valence electrons. The van der Waals surface area contributed by atoms with Crippen molar-refractivity contribution in [1.82, 2.24) is 9.97 Å². The second-order valence-corrected chi connectivity index (χ2v) is 4.93. The van der Waals surface area contributed by atoms with Gasteiger partial charge in [0.2, 0.25) is 0 Å². The van der Waals surface area contributed by atoms with Gasteiger partial charge in [-0.2, -0.15) is 0 Å². The number of hydrazine groups is 1. The molecule has 0 aliphatic carbocycles. The lowest BCUT2D eigenvalue weighted by Gasteiger charge is -2.12. The van der Waals surface area contributed by atoms with Crippen LogP contribution in [-0.2, 0) is 13.0 Å². The molecule has 5 nitrogen and oxygen atoms in total. The summed E-state index contributed by atoms with van der Waals surface area (Å²) in [5, 5.41) is 5.44. The van der Waals surface area contributed by atoms with Crippen molar-refractivity contribution in [2.45, 2.75) is 26.8 Å². The van der Waals surface area contributed by atoms with E-state index < -0.39 is 0 Å². The minimum Gasteiger partial charge on any atom is -0.365 e. The fourth-order valence-electron chi connectivity index (χ4n) is 1.77. The number of hydrogen-bond acceptors (Lipinski definition) is 6. The molecule has 0 saturated carbocycles. The molecule has 6 heteroatoms. The first-order valence-electron chi connectivity index (χ1n) is 5.83. The summed E-state index contributed by atoms with van der Waals surface area (Å²) in [4.78, 5) is 9.70. The molecule has 0 atom stereocenters. The van der Waals surface area contributed by atoms with Crippen molar-refractivity contribution in [3.8, 4) is 0 Å². The van der Waals surface area contributed by atoms with Crippen molar-refractivity contribution in [2.24, 2.45) is 5.84 Å². The number of anilines is 2. The van der Waals surface area contributed by atoms with E-state index in [4.69, 9.17) is 5.84 Å². The van der Waals surface area contributed by atoms with Gasteiger partial charge in [-0.1, -0.05) is 6.92 Å². The van der Waals surface area contributed by atoms with Gasteiger partial charge in [0.25, 0.3) is 0 Å². The van der Waals surface area contributed by atoms with E-state index in [1.807, 2.05) is 0 Å². The molecule has 2 aromatic heterocycles. The summed E-state index contributed by atoms with van der Waals surface area (Å²) in [6.45, 7) is 4.94. The number of nitrogens with two attached hydrogens (primary N) is 1. The second kappa shape index (κ2) is 5.79. The Labute approximate surface area is 110 Å². The van der Waals surface area contributed by atoms with Crippen molar-refractivity contribution in [1.29, 1.82) is 0 Å². The van der Waals surface area contributed by atoms with Gasteiger partial charge in [-0.05, 0) is 30.4 Å². The molecule has 0 aliphatic rings. The molecule has 0 aromatic carbocycles. The monoisotopic (exact) mass is 263 g/mol. The van der Waals surface area contributed by atoms with Crippen LogP contribution in [0.1, 0.15) is 22.9 Å². The van der Waals surface area contributed by atoms with Gasteiger partial charge in [-0.25, -0.2) is 15.8 Å². The zero-order valence-corrected chi connectivity index (χ0v) is 11.3. The Morgan fingerprint density at radius 3 is 2.72 bits per heavy atom. The van der Waals surface area contributed by atoms with Crippen LogP contribution < -0.4 is 16.6 Å². The summed E-state index contributed by atoms with van der Waals surface area (Å²) >= 11 is 1.75. The van der Waals surface area contributed by atoms with Crippen LogP contribution in [-0.4, -0.2) is 9.97 Å². The maximum Gasteiger partial charge on any atom is 0.148 e. The number of nitrogens with zero attached hydrogens (tertiary/aromatic N) is 2. The van der Waals surface area contributed by atoms with E-state index in [1.165, 1.54) is 16.8 Å². The molecule has 18 heavy (non-hydrogen) atoms. The Kier molecular flexibility index (Phi) is 4.11. The molecule has 0 saturated heterocycles. The third kappa shape index (κ3) is 2.60. The highest BCUT2D eigenvalue weighted by molar-refractivity contribution is 7.10. The molecular formula is C12H17N5S. The Bertz CT molecular complexity index is 523. The number of aryl methyl sites for hydroxylation is 1. The topological polar surface area (TPSA) is 75.9 Å². The van der Waals surface area contributed by atoms with Crippen LogP contribution >= 0.6 is 11.3 Å². The maximum atomic E-state index is 5.44. The zero-order valence-electron chi connectivity index (χ0n) is 10.5. The third-order valence-electron chi connectivity index (χ3n) is 2.82. The van der Waals surface area contributed by atoms with E-state index in [2.05, 4.69) is 46.0 Å². The van der Waals surface area contributed by atoms with Gasteiger partial charge in [-0.15, -0.1) is 11.3 Å². The number of nitrogens with one attached hydrogen (secondary N) is 2. The minimum absolute atomic E-state index is 0.679. The number of thiophene rings is 1. The largest absolute Gasteiger partial charge is 0.365 e. The van der Waals surface area contributed by atoms with Crippen LogP contribution in [0.4, 0.5) is 11.6 Å². The Hall–Kier alpha value is -1.66. The van der Waals surface area contributed by atoms with Crippen molar-refractivity contribution in [3.05, 3.63) is 33.8 Å². The van der Waals surface area contributed by atoms with Crippen molar-refractivity contribution in [3.63, 3.8) is 0 Å². The highest BCUT2D eigenvalue weighted by atomic mass is 32.1. The van der Waals surface area contributed by atoms with E-state index in [-0.39, 0.29) is 0 Å². The lowest BCUT2D eigenvalue weighted by Crippen LogP contribution is -2.13. The Morgan fingerprint density at radius 2 is 2.11 bits per heavy atom. The lowest BCUT2D eigenvalue weighted by molar-refractivity contribution is 1.01. The van der Waals surface area contributed by atoms with Crippen molar-refractivity contribution >= 4 is 23.0 Å². The molecule has 0 spiro atoms.